The lowest BCUT2D eigenvalue weighted by atomic mass is 10.1. The van der Waals surface area contributed by atoms with Crippen LogP contribution >= 0.6 is 0 Å². The van der Waals surface area contributed by atoms with E-state index in [1.807, 2.05) is 11.9 Å². The zero-order valence-corrected chi connectivity index (χ0v) is 14.3. The Bertz CT molecular complexity index is 779. The van der Waals surface area contributed by atoms with E-state index in [1.54, 1.807) is 18.2 Å². The summed E-state index contributed by atoms with van der Waals surface area (Å²) < 4.78 is 5.39. The first kappa shape index (κ1) is 16.8. The Hall–Kier alpha value is -3.02. The predicted molar refractivity (Wildman–Crippen MR) is 97.5 cm³/mol. The highest BCUT2D eigenvalue weighted by Gasteiger charge is 2.14. The van der Waals surface area contributed by atoms with E-state index in [0.717, 1.165) is 31.9 Å². The van der Waals surface area contributed by atoms with Gasteiger partial charge in [-0.15, -0.1) is 0 Å². The lowest BCUT2D eigenvalue weighted by Gasteiger charge is -2.29. The molecular formula is C20H20N4O. The maximum atomic E-state index is 9.33. The summed E-state index contributed by atoms with van der Waals surface area (Å²) >= 11 is 0. The van der Waals surface area contributed by atoms with Crippen molar-refractivity contribution in [1.82, 2.24) is 0 Å². The molecule has 5 nitrogen and oxygen atoms in total. The van der Waals surface area contributed by atoms with Gasteiger partial charge in [-0.3, -0.25) is 0 Å². The topological polar surface area (TPSA) is 63.3 Å². The van der Waals surface area contributed by atoms with Crippen molar-refractivity contribution in [1.29, 1.82) is 10.5 Å². The predicted octanol–water partition coefficient (Wildman–Crippen LogP) is 2.90. The Morgan fingerprint density at radius 3 is 2.16 bits per heavy atom. The van der Waals surface area contributed by atoms with Gasteiger partial charge in [0.25, 0.3) is 0 Å². The molecule has 0 N–H and O–H groups in total. The van der Waals surface area contributed by atoms with Gasteiger partial charge in [0.05, 0.1) is 30.0 Å². The number of benzene rings is 2. The zero-order chi connectivity index (χ0) is 17.6. The molecule has 2 aromatic rings. The summed E-state index contributed by atoms with van der Waals surface area (Å²) in [6.07, 6.45) is 0. The lowest BCUT2D eigenvalue weighted by molar-refractivity contribution is 0.122. The monoisotopic (exact) mass is 332 g/mol. The van der Waals surface area contributed by atoms with Crippen molar-refractivity contribution in [3.05, 3.63) is 59.2 Å². The molecule has 0 unspecified atom stereocenters. The molecule has 1 aliphatic heterocycles. The third kappa shape index (κ3) is 3.74. The average Bonchev–Trinajstić information content (AvgIpc) is 2.68. The minimum atomic E-state index is 0.520. The fraction of sp³-hybridized carbons (Fsp3) is 0.300. The normalized spacial score (nSPS) is 13.8. The fourth-order valence-corrected chi connectivity index (χ4v) is 3.12. The molecular weight excluding hydrogens is 312 g/mol. The van der Waals surface area contributed by atoms with Crippen molar-refractivity contribution in [3.63, 3.8) is 0 Å². The smallest absolute Gasteiger partial charge is 0.101 e. The van der Waals surface area contributed by atoms with Crippen LogP contribution in [0.3, 0.4) is 0 Å². The quantitative estimate of drug-likeness (QED) is 0.861. The van der Waals surface area contributed by atoms with Crippen LogP contribution in [0.15, 0.2) is 42.5 Å². The molecule has 0 aromatic heterocycles. The molecule has 1 heterocycles. The summed E-state index contributed by atoms with van der Waals surface area (Å²) in [4.78, 5) is 4.27. The first-order valence-electron chi connectivity index (χ1n) is 8.29. The standard InChI is InChI=1S/C20H20N4O/c1-23(20-17(13-21)3-2-4-18(20)14-22)15-16-5-7-19(8-6-16)24-9-11-25-12-10-24/h2-8H,9-12,15H2,1H3. The van der Waals surface area contributed by atoms with Crippen molar-refractivity contribution < 1.29 is 4.74 Å². The molecule has 0 spiro atoms. The van der Waals surface area contributed by atoms with Crippen LogP contribution in [0.4, 0.5) is 11.4 Å². The van der Waals surface area contributed by atoms with Crippen LogP contribution in [0.1, 0.15) is 16.7 Å². The molecule has 0 bridgehead atoms. The maximum absolute atomic E-state index is 9.33. The number of anilines is 2. The second-order valence-corrected chi connectivity index (χ2v) is 6.05. The van der Waals surface area contributed by atoms with Crippen molar-refractivity contribution in [2.24, 2.45) is 0 Å². The second-order valence-electron chi connectivity index (χ2n) is 6.05. The molecule has 126 valence electrons. The van der Waals surface area contributed by atoms with Crippen molar-refractivity contribution >= 4 is 11.4 Å². The number of hydrogen-bond acceptors (Lipinski definition) is 5. The van der Waals surface area contributed by atoms with Crippen molar-refractivity contribution in [2.45, 2.75) is 6.54 Å². The molecule has 2 aromatic carbocycles. The molecule has 1 aliphatic rings. The summed E-state index contributed by atoms with van der Waals surface area (Å²) in [5.41, 5.74) is 4.06. The number of para-hydroxylation sites is 1. The van der Waals surface area contributed by atoms with Gasteiger partial charge in [-0.25, -0.2) is 0 Å². The van der Waals surface area contributed by atoms with Gasteiger partial charge >= 0.3 is 0 Å². The van der Waals surface area contributed by atoms with Crippen LogP contribution in [0.25, 0.3) is 0 Å². The van der Waals surface area contributed by atoms with E-state index in [2.05, 4.69) is 41.3 Å². The summed E-state index contributed by atoms with van der Waals surface area (Å²) in [5, 5.41) is 18.7. The van der Waals surface area contributed by atoms with E-state index in [0.29, 0.717) is 23.4 Å². The van der Waals surface area contributed by atoms with Crippen LogP contribution in [-0.4, -0.2) is 33.4 Å². The Morgan fingerprint density at radius 1 is 1.00 bits per heavy atom. The van der Waals surface area contributed by atoms with Crippen molar-refractivity contribution in [2.75, 3.05) is 43.2 Å². The largest absolute Gasteiger partial charge is 0.378 e. The Kier molecular flexibility index (Phi) is 5.18. The van der Waals surface area contributed by atoms with E-state index in [4.69, 9.17) is 4.74 Å². The zero-order valence-electron chi connectivity index (χ0n) is 14.3. The van der Waals surface area contributed by atoms with E-state index in [9.17, 15) is 10.5 Å². The number of hydrogen-bond donors (Lipinski definition) is 0. The number of nitrogens with zero attached hydrogens (tertiary/aromatic N) is 4. The summed E-state index contributed by atoms with van der Waals surface area (Å²) in [6.45, 7) is 4.01. The van der Waals surface area contributed by atoms with Gasteiger partial charge in [-0.1, -0.05) is 18.2 Å². The Balaban J connectivity index is 1.77. The minimum absolute atomic E-state index is 0.520. The molecule has 0 saturated carbocycles. The summed E-state index contributed by atoms with van der Waals surface area (Å²) in [7, 11) is 1.91. The van der Waals surface area contributed by atoms with Crippen LogP contribution in [0.2, 0.25) is 0 Å². The van der Waals surface area contributed by atoms with E-state index in [1.165, 1.54) is 5.69 Å². The number of nitriles is 2. The highest BCUT2D eigenvalue weighted by Crippen LogP contribution is 2.26. The fourth-order valence-electron chi connectivity index (χ4n) is 3.12. The SMILES string of the molecule is CN(Cc1ccc(N2CCOCC2)cc1)c1c(C#N)cccc1C#N. The van der Waals surface area contributed by atoms with E-state index >= 15 is 0 Å². The van der Waals surface area contributed by atoms with Crippen LogP contribution in [0.5, 0.6) is 0 Å². The number of rotatable bonds is 4. The highest BCUT2D eigenvalue weighted by atomic mass is 16.5. The molecule has 0 radical (unpaired) electrons. The van der Waals surface area contributed by atoms with Crippen LogP contribution in [-0.2, 0) is 11.3 Å². The third-order valence-electron chi connectivity index (χ3n) is 4.39. The highest BCUT2D eigenvalue weighted by molar-refractivity contribution is 5.68. The van der Waals surface area contributed by atoms with Crippen molar-refractivity contribution in [3.8, 4) is 12.1 Å². The van der Waals surface area contributed by atoms with Gasteiger partial charge in [0.15, 0.2) is 0 Å². The second kappa shape index (κ2) is 7.70. The van der Waals surface area contributed by atoms with E-state index < -0.39 is 0 Å². The number of ether oxygens (including phenoxy) is 1. The first-order chi connectivity index (χ1) is 12.2. The lowest BCUT2D eigenvalue weighted by Crippen LogP contribution is -2.36. The minimum Gasteiger partial charge on any atom is -0.378 e. The molecule has 25 heavy (non-hydrogen) atoms. The summed E-state index contributed by atoms with van der Waals surface area (Å²) in [5.74, 6) is 0. The molecule has 3 rings (SSSR count). The van der Waals surface area contributed by atoms with Crippen LogP contribution in [0, 0.1) is 22.7 Å². The van der Waals surface area contributed by atoms with Crippen LogP contribution < -0.4 is 9.80 Å². The summed E-state index contributed by atoms with van der Waals surface area (Å²) in [6, 6.07) is 18.0. The Morgan fingerprint density at radius 2 is 1.60 bits per heavy atom. The van der Waals surface area contributed by atoms with Gasteiger partial charge in [0.1, 0.15) is 12.1 Å². The third-order valence-corrected chi connectivity index (χ3v) is 4.39. The molecule has 5 heteroatoms. The molecule has 0 amide bonds. The average molecular weight is 332 g/mol. The first-order valence-corrected chi connectivity index (χ1v) is 8.29. The number of morpholine rings is 1. The molecule has 0 atom stereocenters. The molecule has 0 aliphatic carbocycles. The van der Waals surface area contributed by atoms with Gasteiger partial charge < -0.3 is 14.5 Å². The van der Waals surface area contributed by atoms with Gasteiger partial charge in [-0.05, 0) is 29.8 Å². The van der Waals surface area contributed by atoms with Gasteiger partial charge in [0, 0.05) is 32.4 Å². The van der Waals surface area contributed by atoms with Gasteiger partial charge in [0.2, 0.25) is 0 Å². The Labute approximate surface area is 148 Å². The van der Waals surface area contributed by atoms with E-state index in [-0.39, 0.29) is 0 Å². The van der Waals surface area contributed by atoms with Gasteiger partial charge in [-0.2, -0.15) is 10.5 Å². The molecule has 1 fully saturated rings. The maximum Gasteiger partial charge on any atom is 0.101 e. The molecule has 1 saturated heterocycles.